The molecule has 0 N–H and O–H groups in total. The molecule has 1 nitrogen and oxygen atoms in total. The van der Waals surface area contributed by atoms with Crippen LogP contribution in [0.3, 0.4) is 0 Å². The first kappa shape index (κ1) is 15.6. The van der Waals surface area contributed by atoms with E-state index in [-0.39, 0.29) is 11.3 Å². The largest absolute Gasteiger partial charge is 0.317 e. The van der Waals surface area contributed by atoms with Gasteiger partial charge in [-0.05, 0) is 22.3 Å². The molecule has 0 bridgehead atoms. The molecule has 2 heteroatoms. The molecule has 2 aliphatic rings. The normalized spacial score (nSPS) is 22.0. The molecule has 2 aliphatic carbocycles. The highest BCUT2D eigenvalue weighted by atomic mass is 31.2. The molecule has 0 saturated heterocycles. The fourth-order valence-electron chi connectivity index (χ4n) is 4.29. The summed E-state index contributed by atoms with van der Waals surface area (Å²) in [5.41, 5.74) is 4.56. The molecule has 5 rings (SSSR count). The highest BCUT2D eigenvalue weighted by molar-refractivity contribution is 7.72. The van der Waals surface area contributed by atoms with Gasteiger partial charge in [0.2, 0.25) is 0 Å². The predicted octanol–water partition coefficient (Wildman–Crippen LogP) is 6.21. The van der Waals surface area contributed by atoms with Crippen LogP contribution in [0.25, 0.3) is 12.2 Å². The molecule has 2 atom stereocenters. The van der Waals surface area contributed by atoms with E-state index in [1.807, 2.05) is 54.6 Å². The van der Waals surface area contributed by atoms with E-state index in [2.05, 4.69) is 48.6 Å². The van der Waals surface area contributed by atoms with Gasteiger partial charge in [0.15, 0.2) is 0 Å². The second kappa shape index (κ2) is 5.97. The van der Waals surface area contributed by atoms with Crippen molar-refractivity contribution in [2.24, 2.45) is 0 Å². The van der Waals surface area contributed by atoms with Gasteiger partial charge in [-0.1, -0.05) is 103 Å². The van der Waals surface area contributed by atoms with Crippen LogP contribution in [0, 0.1) is 0 Å². The van der Waals surface area contributed by atoms with Crippen molar-refractivity contribution in [1.82, 2.24) is 0 Å². The van der Waals surface area contributed by atoms with Crippen LogP contribution in [0.5, 0.6) is 0 Å². The van der Waals surface area contributed by atoms with Crippen molar-refractivity contribution in [2.45, 2.75) is 11.3 Å². The predicted molar refractivity (Wildman–Crippen MR) is 110 cm³/mol. The monoisotopic (exact) mass is 354 g/mol. The van der Waals surface area contributed by atoms with E-state index in [0.717, 1.165) is 5.30 Å². The van der Waals surface area contributed by atoms with E-state index in [1.54, 1.807) is 0 Å². The lowest BCUT2D eigenvalue weighted by Crippen LogP contribution is -2.15. The van der Waals surface area contributed by atoms with Gasteiger partial charge in [-0.25, -0.2) is 0 Å². The van der Waals surface area contributed by atoms with Gasteiger partial charge in [0.1, 0.15) is 7.14 Å². The molecule has 26 heavy (non-hydrogen) atoms. The lowest BCUT2D eigenvalue weighted by Gasteiger charge is -2.30. The van der Waals surface area contributed by atoms with Crippen LogP contribution in [0.2, 0.25) is 0 Å². The number of rotatable bonds is 3. The first-order chi connectivity index (χ1) is 12.8. The zero-order valence-electron chi connectivity index (χ0n) is 14.3. The molecule has 126 valence electrons. The standard InChI is InChI=1S/C24H19OP/c25-26(20-10-2-1-3-11-20,23-16-14-18-8-4-6-12-21(18)23)24-17-15-19-9-5-7-13-22(19)24/h1-17,23-24H. The maximum absolute atomic E-state index is 14.8. The third-order valence-electron chi connectivity index (χ3n) is 5.53. The van der Waals surface area contributed by atoms with E-state index in [4.69, 9.17) is 0 Å². The second-order valence-corrected chi connectivity index (χ2v) is 9.96. The van der Waals surface area contributed by atoms with Crippen LogP contribution >= 0.6 is 7.14 Å². The Hall–Kier alpha value is -2.63. The summed E-state index contributed by atoms with van der Waals surface area (Å²) in [6, 6.07) is 26.7. The fourth-order valence-corrected chi connectivity index (χ4v) is 7.89. The Bertz CT molecular complexity index is 1010. The van der Waals surface area contributed by atoms with Gasteiger partial charge >= 0.3 is 0 Å². The Morgan fingerprint density at radius 2 is 1.04 bits per heavy atom. The quantitative estimate of drug-likeness (QED) is 0.511. The van der Waals surface area contributed by atoms with E-state index in [9.17, 15) is 4.57 Å². The highest BCUT2D eigenvalue weighted by Gasteiger charge is 2.44. The summed E-state index contributed by atoms with van der Waals surface area (Å²) in [6.07, 6.45) is 8.54. The van der Waals surface area contributed by atoms with Crippen LogP contribution in [-0.4, -0.2) is 0 Å². The van der Waals surface area contributed by atoms with Crippen molar-refractivity contribution in [2.75, 3.05) is 0 Å². The smallest absolute Gasteiger partial charge is 0.137 e. The minimum Gasteiger partial charge on any atom is -0.317 e. The lowest BCUT2D eigenvalue weighted by atomic mass is 10.1. The average Bonchev–Trinajstić information content (AvgIpc) is 3.33. The van der Waals surface area contributed by atoms with Crippen LogP contribution in [0.4, 0.5) is 0 Å². The Morgan fingerprint density at radius 1 is 0.577 bits per heavy atom. The second-order valence-electron chi connectivity index (χ2n) is 6.91. The van der Waals surface area contributed by atoms with Gasteiger partial charge in [-0.3, -0.25) is 0 Å². The third-order valence-corrected chi connectivity index (χ3v) is 9.19. The first-order valence-corrected chi connectivity index (χ1v) is 10.8. The molecular weight excluding hydrogens is 335 g/mol. The topological polar surface area (TPSA) is 17.1 Å². The molecule has 0 radical (unpaired) electrons. The Labute approximate surface area is 154 Å². The summed E-state index contributed by atoms with van der Waals surface area (Å²) >= 11 is 0. The van der Waals surface area contributed by atoms with Crippen molar-refractivity contribution >= 4 is 24.6 Å². The SMILES string of the molecule is O=P(c1ccccc1)(C1C=Cc2ccccc21)C1C=Cc2ccccc21. The molecule has 0 aromatic heterocycles. The summed E-state index contributed by atoms with van der Waals surface area (Å²) in [5, 5.41) is 0.956. The summed E-state index contributed by atoms with van der Waals surface area (Å²) in [6.45, 7) is 0. The molecule has 0 spiro atoms. The van der Waals surface area contributed by atoms with E-state index in [0.29, 0.717) is 0 Å². The van der Waals surface area contributed by atoms with Gasteiger partial charge in [0.25, 0.3) is 0 Å². The van der Waals surface area contributed by atoms with Crippen molar-refractivity contribution in [3.05, 3.63) is 113 Å². The molecule has 2 unspecified atom stereocenters. The third kappa shape index (κ3) is 2.21. The van der Waals surface area contributed by atoms with Crippen LogP contribution in [-0.2, 0) is 4.57 Å². The van der Waals surface area contributed by atoms with Gasteiger partial charge in [0.05, 0.1) is 11.3 Å². The molecule has 3 aromatic carbocycles. The Morgan fingerprint density at radius 3 is 1.58 bits per heavy atom. The molecule has 0 heterocycles. The number of hydrogen-bond acceptors (Lipinski definition) is 1. The molecule has 0 saturated carbocycles. The minimum atomic E-state index is -2.81. The zero-order valence-corrected chi connectivity index (χ0v) is 15.2. The molecule has 0 amide bonds. The van der Waals surface area contributed by atoms with Crippen molar-refractivity contribution in [3.63, 3.8) is 0 Å². The fraction of sp³-hybridized carbons (Fsp3) is 0.0833. The summed E-state index contributed by atoms with van der Waals surface area (Å²) in [5.74, 6) is 0. The molecule has 0 aliphatic heterocycles. The van der Waals surface area contributed by atoms with Crippen molar-refractivity contribution in [1.29, 1.82) is 0 Å². The van der Waals surface area contributed by atoms with Crippen LogP contribution in [0.1, 0.15) is 33.6 Å². The zero-order chi connectivity index (χ0) is 17.6. The number of fused-ring (bicyclic) bond motifs is 2. The van der Waals surface area contributed by atoms with Gasteiger partial charge < -0.3 is 4.57 Å². The van der Waals surface area contributed by atoms with Gasteiger partial charge in [0, 0.05) is 5.30 Å². The van der Waals surface area contributed by atoms with E-state index in [1.165, 1.54) is 22.3 Å². The number of benzene rings is 3. The molecule has 0 fully saturated rings. The summed E-state index contributed by atoms with van der Waals surface area (Å²) < 4.78 is 14.8. The van der Waals surface area contributed by atoms with Gasteiger partial charge in [-0.2, -0.15) is 0 Å². The van der Waals surface area contributed by atoms with Crippen molar-refractivity contribution in [3.8, 4) is 0 Å². The number of allylic oxidation sites excluding steroid dienone is 2. The lowest BCUT2D eigenvalue weighted by molar-refractivity contribution is 0.573. The van der Waals surface area contributed by atoms with E-state index >= 15 is 0 Å². The van der Waals surface area contributed by atoms with Crippen LogP contribution in [0.15, 0.2) is 91.0 Å². The number of hydrogen-bond donors (Lipinski definition) is 0. The Kier molecular flexibility index (Phi) is 3.58. The maximum Gasteiger partial charge on any atom is 0.137 e. The summed E-state index contributed by atoms with van der Waals surface area (Å²) in [7, 11) is -2.81. The molecular formula is C24H19OP. The minimum absolute atomic E-state index is 0.0816. The first-order valence-electron chi connectivity index (χ1n) is 8.98. The average molecular weight is 354 g/mol. The van der Waals surface area contributed by atoms with Crippen LogP contribution < -0.4 is 5.30 Å². The van der Waals surface area contributed by atoms with Crippen molar-refractivity contribution < 1.29 is 4.57 Å². The maximum atomic E-state index is 14.8. The van der Waals surface area contributed by atoms with Gasteiger partial charge in [-0.15, -0.1) is 0 Å². The summed E-state index contributed by atoms with van der Waals surface area (Å²) in [4.78, 5) is 0. The molecule has 3 aromatic rings. The van der Waals surface area contributed by atoms with E-state index < -0.39 is 7.14 Å². The Balaban J connectivity index is 1.74. The highest BCUT2D eigenvalue weighted by Crippen LogP contribution is 2.71.